The molecular weight excluding hydrogens is 376 g/mol. The van der Waals surface area contributed by atoms with E-state index in [1.165, 1.54) is 38.5 Å². The van der Waals surface area contributed by atoms with Crippen LogP contribution in [0.15, 0.2) is 6.20 Å². The number of nitrogens with one attached hydrogen (secondary N) is 1. The van der Waals surface area contributed by atoms with Crippen molar-refractivity contribution in [1.82, 2.24) is 20.3 Å². The van der Waals surface area contributed by atoms with Gasteiger partial charge >= 0.3 is 0 Å². The summed E-state index contributed by atoms with van der Waals surface area (Å²) < 4.78 is 1.90. The minimum atomic E-state index is -1.56. The van der Waals surface area contributed by atoms with Gasteiger partial charge in [0.15, 0.2) is 0 Å². The molecule has 9 heteroatoms. The van der Waals surface area contributed by atoms with Gasteiger partial charge in [-0.2, -0.15) is 0 Å². The molecule has 2 aliphatic rings. The molecular formula is C20H36N4O5. The van der Waals surface area contributed by atoms with Crippen molar-refractivity contribution >= 4 is 0 Å². The third-order valence-electron chi connectivity index (χ3n) is 6.44. The molecule has 0 saturated heterocycles. The smallest absolute Gasteiger partial charge is 0.111 e. The van der Waals surface area contributed by atoms with Gasteiger partial charge in [0, 0.05) is 12.7 Å². The summed E-state index contributed by atoms with van der Waals surface area (Å²) >= 11 is 0. The van der Waals surface area contributed by atoms with Crippen LogP contribution in [-0.4, -0.2) is 83.6 Å². The molecule has 0 amide bonds. The molecule has 2 saturated carbocycles. The van der Waals surface area contributed by atoms with Crippen LogP contribution in [0.4, 0.5) is 0 Å². The number of aryl methyl sites for hydroxylation is 2. The minimum absolute atomic E-state index is 0.461. The van der Waals surface area contributed by atoms with Crippen molar-refractivity contribution in [1.29, 1.82) is 0 Å². The van der Waals surface area contributed by atoms with Gasteiger partial charge in [-0.3, -0.25) is 4.68 Å². The van der Waals surface area contributed by atoms with E-state index in [-0.39, 0.29) is 0 Å². The number of rotatable bonds is 9. The normalized spacial score (nSPS) is 33.8. The molecule has 166 valence electrons. The van der Waals surface area contributed by atoms with Crippen LogP contribution >= 0.6 is 0 Å². The Bertz CT molecular complexity index is 593. The number of aromatic nitrogens is 3. The first-order valence-corrected chi connectivity index (χ1v) is 11.0. The van der Waals surface area contributed by atoms with Crippen molar-refractivity contribution in [2.24, 2.45) is 5.92 Å². The fraction of sp³-hybridized carbons (Fsp3) is 0.900. The molecule has 3 rings (SSSR count). The monoisotopic (exact) mass is 412 g/mol. The first-order valence-electron chi connectivity index (χ1n) is 11.0. The third-order valence-corrected chi connectivity index (χ3v) is 6.44. The molecule has 9 nitrogen and oxygen atoms in total. The highest BCUT2D eigenvalue weighted by Gasteiger charge is 2.47. The van der Waals surface area contributed by atoms with Gasteiger partial charge in [0.05, 0.1) is 11.7 Å². The molecule has 6 N–H and O–H groups in total. The Kier molecular flexibility index (Phi) is 8.40. The first-order chi connectivity index (χ1) is 14.0. The lowest BCUT2D eigenvalue weighted by Crippen LogP contribution is -2.67. The lowest BCUT2D eigenvalue weighted by Gasteiger charge is -2.42. The van der Waals surface area contributed by atoms with Gasteiger partial charge in [0.1, 0.15) is 30.5 Å². The fourth-order valence-corrected chi connectivity index (χ4v) is 4.59. The second kappa shape index (κ2) is 10.8. The summed E-state index contributed by atoms with van der Waals surface area (Å²) in [6.07, 6.45) is 5.36. The predicted molar refractivity (Wildman–Crippen MR) is 106 cm³/mol. The van der Waals surface area contributed by atoms with Crippen LogP contribution in [0.5, 0.6) is 0 Å². The van der Waals surface area contributed by atoms with Gasteiger partial charge in [-0.15, -0.1) is 5.10 Å². The van der Waals surface area contributed by atoms with Crippen LogP contribution in [0, 0.1) is 5.92 Å². The Morgan fingerprint density at radius 1 is 0.897 bits per heavy atom. The standard InChI is InChI=1S/C20H36N4O5/c25-16-15(17(26)19(28)20(29)18(16)27)21-10-4-9-14-12-24(23-22-14)11-5-8-13-6-2-1-3-7-13/h12-13,15-21,25-29H,1-11H2. The Morgan fingerprint density at radius 3 is 2.24 bits per heavy atom. The average molecular weight is 413 g/mol. The molecule has 1 heterocycles. The molecule has 0 bridgehead atoms. The van der Waals surface area contributed by atoms with E-state index in [1.807, 2.05) is 10.9 Å². The summed E-state index contributed by atoms with van der Waals surface area (Å²) in [6.45, 7) is 1.35. The van der Waals surface area contributed by atoms with E-state index in [1.54, 1.807) is 0 Å². The second-order valence-corrected chi connectivity index (χ2v) is 8.66. The molecule has 0 aliphatic heterocycles. The van der Waals surface area contributed by atoms with Crippen LogP contribution in [-0.2, 0) is 13.0 Å². The maximum Gasteiger partial charge on any atom is 0.111 e. The zero-order chi connectivity index (χ0) is 20.8. The summed E-state index contributed by atoms with van der Waals surface area (Å²) in [6, 6.07) is -0.904. The van der Waals surface area contributed by atoms with Gasteiger partial charge in [0.2, 0.25) is 0 Å². The van der Waals surface area contributed by atoms with Crippen molar-refractivity contribution in [2.75, 3.05) is 6.54 Å². The highest BCUT2D eigenvalue weighted by atomic mass is 16.4. The van der Waals surface area contributed by atoms with Crippen molar-refractivity contribution < 1.29 is 25.5 Å². The highest BCUT2D eigenvalue weighted by Crippen LogP contribution is 2.27. The minimum Gasteiger partial charge on any atom is -0.389 e. The quantitative estimate of drug-likeness (QED) is 0.294. The van der Waals surface area contributed by atoms with Crippen LogP contribution in [0.1, 0.15) is 57.1 Å². The van der Waals surface area contributed by atoms with Crippen molar-refractivity contribution in [3.63, 3.8) is 0 Å². The number of hydrogen-bond acceptors (Lipinski definition) is 8. The van der Waals surface area contributed by atoms with Crippen molar-refractivity contribution in [3.05, 3.63) is 11.9 Å². The summed E-state index contributed by atoms with van der Waals surface area (Å²) in [5, 5.41) is 60.5. The summed E-state index contributed by atoms with van der Waals surface area (Å²) in [4.78, 5) is 0. The van der Waals surface area contributed by atoms with E-state index < -0.39 is 36.6 Å². The van der Waals surface area contributed by atoms with Gasteiger partial charge < -0.3 is 30.8 Å². The van der Waals surface area contributed by atoms with E-state index in [2.05, 4.69) is 15.6 Å². The summed E-state index contributed by atoms with van der Waals surface area (Å²) in [5.74, 6) is 0.876. The van der Waals surface area contributed by atoms with Crippen molar-refractivity contribution in [3.8, 4) is 0 Å². The lowest BCUT2D eigenvalue weighted by molar-refractivity contribution is -0.190. The molecule has 2 fully saturated rings. The summed E-state index contributed by atoms with van der Waals surface area (Å²) in [5.41, 5.74) is 0.893. The lowest BCUT2D eigenvalue weighted by atomic mass is 9.83. The molecule has 0 radical (unpaired) electrons. The van der Waals surface area contributed by atoms with Gasteiger partial charge in [-0.05, 0) is 38.1 Å². The van der Waals surface area contributed by atoms with Gasteiger partial charge in [0.25, 0.3) is 0 Å². The highest BCUT2D eigenvalue weighted by molar-refractivity contribution is 5.02. The fourth-order valence-electron chi connectivity index (χ4n) is 4.59. The first kappa shape index (κ1) is 22.6. The molecule has 1 aromatic heterocycles. The molecule has 29 heavy (non-hydrogen) atoms. The number of nitrogens with zero attached hydrogens (tertiary/aromatic N) is 3. The Morgan fingerprint density at radius 2 is 1.55 bits per heavy atom. The Hall–Kier alpha value is -1.10. The van der Waals surface area contributed by atoms with Crippen molar-refractivity contribution in [2.45, 2.75) is 101 Å². The largest absolute Gasteiger partial charge is 0.389 e. The molecule has 4 atom stereocenters. The van der Waals surface area contributed by atoms with E-state index >= 15 is 0 Å². The second-order valence-electron chi connectivity index (χ2n) is 8.66. The van der Waals surface area contributed by atoms with Gasteiger partial charge in [-0.1, -0.05) is 37.3 Å². The SMILES string of the molecule is OC1C(O)C(O)C(NCCCc2cn(CCCC3CCCCC3)nn2)C(O)C1O. The zero-order valence-corrected chi connectivity index (χ0v) is 17.0. The average Bonchev–Trinajstić information content (AvgIpc) is 3.18. The maximum absolute atomic E-state index is 10.0. The van der Waals surface area contributed by atoms with E-state index in [0.717, 1.165) is 24.6 Å². The van der Waals surface area contributed by atoms with E-state index in [9.17, 15) is 25.5 Å². The Labute approximate surface area is 171 Å². The van der Waals surface area contributed by atoms with Crippen LogP contribution in [0.25, 0.3) is 0 Å². The number of aliphatic hydroxyl groups excluding tert-OH is 5. The van der Waals surface area contributed by atoms with Gasteiger partial charge in [-0.25, -0.2) is 0 Å². The van der Waals surface area contributed by atoms with Crippen LogP contribution in [0.2, 0.25) is 0 Å². The molecule has 2 aliphatic carbocycles. The molecule has 0 aromatic carbocycles. The molecule has 4 unspecified atom stereocenters. The van der Waals surface area contributed by atoms with E-state index in [4.69, 9.17) is 0 Å². The topological polar surface area (TPSA) is 144 Å². The van der Waals surface area contributed by atoms with Crippen LogP contribution in [0.3, 0.4) is 0 Å². The number of hydrogen-bond donors (Lipinski definition) is 6. The number of aliphatic hydroxyl groups is 5. The molecule has 0 spiro atoms. The Balaban J connectivity index is 1.34. The molecule has 1 aromatic rings. The van der Waals surface area contributed by atoms with Crippen LogP contribution < -0.4 is 5.32 Å². The maximum atomic E-state index is 10.0. The summed E-state index contributed by atoms with van der Waals surface area (Å²) in [7, 11) is 0. The third kappa shape index (κ3) is 5.96. The predicted octanol–water partition coefficient (Wildman–Crippen LogP) is -0.652. The van der Waals surface area contributed by atoms with E-state index in [0.29, 0.717) is 19.4 Å². The zero-order valence-electron chi connectivity index (χ0n) is 17.0.